The predicted molar refractivity (Wildman–Crippen MR) is 105 cm³/mol. The van der Waals surface area contributed by atoms with Crippen LogP contribution in [0.15, 0.2) is 36.7 Å². The van der Waals surface area contributed by atoms with Crippen LogP contribution in [-0.2, 0) is 29.1 Å². The number of hydrogen-bond donors (Lipinski definition) is 0. The van der Waals surface area contributed by atoms with Crippen molar-refractivity contribution in [1.29, 1.82) is 0 Å². The Morgan fingerprint density at radius 1 is 0.963 bits per heavy atom. The van der Waals surface area contributed by atoms with Gasteiger partial charge in [0.05, 0.1) is 32.1 Å². The van der Waals surface area contributed by atoms with E-state index in [0.717, 1.165) is 11.3 Å². The van der Waals surface area contributed by atoms with Crippen molar-refractivity contribution in [3.63, 3.8) is 0 Å². The number of nitrogens with zero attached hydrogens (tertiary/aromatic N) is 2. The summed E-state index contributed by atoms with van der Waals surface area (Å²) in [4.78, 5) is 8.51. The van der Waals surface area contributed by atoms with Crippen LogP contribution in [0.1, 0.15) is 51.6 Å². The van der Waals surface area contributed by atoms with Crippen molar-refractivity contribution in [2.45, 2.75) is 54.3 Å². The first-order valence-electron chi connectivity index (χ1n) is 9.33. The van der Waals surface area contributed by atoms with Crippen molar-refractivity contribution in [1.82, 2.24) is 9.97 Å². The molecular weight excluding hydrogens is 343 g/mol. The van der Waals surface area contributed by atoms with Crippen LogP contribution in [0, 0.1) is 16.6 Å². The molecule has 0 saturated carbocycles. The Morgan fingerprint density at radius 3 is 2.33 bits per heavy atom. The van der Waals surface area contributed by atoms with Crippen LogP contribution in [0.2, 0.25) is 0 Å². The maximum absolute atomic E-state index is 14.3. The normalized spacial score (nSPS) is 12.4. The molecule has 0 saturated heterocycles. The lowest BCUT2D eigenvalue weighted by molar-refractivity contribution is 0.0495. The molecule has 0 amide bonds. The molecule has 0 aliphatic carbocycles. The number of ether oxygens (including phenoxy) is 2. The van der Waals surface area contributed by atoms with Gasteiger partial charge in [0, 0.05) is 12.4 Å². The average molecular weight is 374 g/mol. The monoisotopic (exact) mass is 374 g/mol. The lowest BCUT2D eigenvalue weighted by Crippen LogP contribution is -2.22. The molecule has 4 nitrogen and oxygen atoms in total. The van der Waals surface area contributed by atoms with E-state index in [-0.39, 0.29) is 23.3 Å². The molecule has 0 aliphatic heterocycles. The van der Waals surface area contributed by atoms with Gasteiger partial charge in [-0.25, -0.2) is 4.39 Å². The van der Waals surface area contributed by atoms with E-state index < -0.39 is 0 Å². The van der Waals surface area contributed by atoms with Crippen molar-refractivity contribution in [3.8, 4) is 0 Å². The second-order valence-corrected chi connectivity index (χ2v) is 8.98. The summed E-state index contributed by atoms with van der Waals surface area (Å²) in [5, 5.41) is 0. The standard InChI is InChI=1S/C22H31FN2O2/c1-21(2,3)15-27-14-20-19(23)10-17(12-25-20)11-22(4,5)16-26-13-18-8-6-7-9-24-18/h6-10,12H,11,13-16H2,1-5H3. The Balaban J connectivity index is 1.85. The summed E-state index contributed by atoms with van der Waals surface area (Å²) >= 11 is 0. The van der Waals surface area contributed by atoms with Gasteiger partial charge in [-0.2, -0.15) is 0 Å². The fourth-order valence-corrected chi connectivity index (χ4v) is 2.68. The van der Waals surface area contributed by atoms with E-state index in [2.05, 4.69) is 44.6 Å². The van der Waals surface area contributed by atoms with Crippen LogP contribution in [-0.4, -0.2) is 23.2 Å². The number of hydrogen-bond acceptors (Lipinski definition) is 4. The molecule has 0 N–H and O–H groups in total. The van der Waals surface area contributed by atoms with E-state index >= 15 is 0 Å². The van der Waals surface area contributed by atoms with E-state index in [1.165, 1.54) is 0 Å². The van der Waals surface area contributed by atoms with Gasteiger partial charge >= 0.3 is 0 Å². The van der Waals surface area contributed by atoms with Gasteiger partial charge in [0.2, 0.25) is 0 Å². The molecule has 0 aliphatic rings. The molecule has 0 unspecified atom stereocenters. The number of pyridine rings is 2. The molecule has 2 aromatic heterocycles. The van der Waals surface area contributed by atoms with Gasteiger partial charge < -0.3 is 9.47 Å². The van der Waals surface area contributed by atoms with Gasteiger partial charge in [0.1, 0.15) is 11.5 Å². The first-order chi connectivity index (χ1) is 12.6. The molecule has 0 spiro atoms. The zero-order chi connectivity index (χ0) is 19.9. The van der Waals surface area contributed by atoms with E-state index in [0.29, 0.717) is 31.9 Å². The Labute approximate surface area is 162 Å². The molecule has 0 radical (unpaired) electrons. The molecule has 0 atom stereocenters. The fraction of sp³-hybridized carbons (Fsp3) is 0.545. The van der Waals surface area contributed by atoms with Crippen LogP contribution in [0.3, 0.4) is 0 Å². The minimum Gasteiger partial charge on any atom is -0.375 e. The summed E-state index contributed by atoms with van der Waals surface area (Å²) in [6, 6.07) is 7.32. The SMILES string of the molecule is CC(C)(C)COCc1ncc(CC(C)(C)COCc2ccccn2)cc1F. The minimum atomic E-state index is -0.313. The zero-order valence-electron chi connectivity index (χ0n) is 17.1. The van der Waals surface area contributed by atoms with Gasteiger partial charge in [0.25, 0.3) is 0 Å². The Bertz CT molecular complexity index is 712. The highest BCUT2D eigenvalue weighted by atomic mass is 19.1. The van der Waals surface area contributed by atoms with Crippen molar-refractivity contribution in [3.05, 3.63) is 59.4 Å². The molecule has 0 aromatic carbocycles. The summed E-state index contributed by atoms with van der Waals surface area (Å²) in [6.07, 6.45) is 4.17. The fourth-order valence-electron chi connectivity index (χ4n) is 2.68. The third-order valence-corrected chi connectivity index (χ3v) is 3.90. The molecule has 0 fully saturated rings. The Kier molecular flexibility index (Phi) is 7.45. The average Bonchev–Trinajstić information content (AvgIpc) is 2.56. The summed E-state index contributed by atoms with van der Waals surface area (Å²) < 4.78 is 25.7. The predicted octanol–water partition coefficient (Wildman–Crippen LogP) is 4.96. The van der Waals surface area contributed by atoms with Gasteiger partial charge in [-0.3, -0.25) is 9.97 Å². The van der Waals surface area contributed by atoms with Crippen LogP contribution in [0.4, 0.5) is 4.39 Å². The van der Waals surface area contributed by atoms with E-state index in [1.807, 2.05) is 18.2 Å². The lowest BCUT2D eigenvalue weighted by Gasteiger charge is -2.24. The minimum absolute atomic E-state index is 0.0513. The largest absolute Gasteiger partial charge is 0.375 e. The molecule has 5 heteroatoms. The van der Waals surface area contributed by atoms with Crippen LogP contribution in [0.5, 0.6) is 0 Å². The third kappa shape index (κ3) is 8.14. The Hall–Kier alpha value is -1.85. The number of halogens is 1. The highest BCUT2D eigenvalue weighted by molar-refractivity contribution is 5.17. The Morgan fingerprint density at radius 2 is 1.70 bits per heavy atom. The number of aromatic nitrogens is 2. The smallest absolute Gasteiger partial charge is 0.147 e. The first kappa shape index (κ1) is 21.5. The molecule has 0 bridgehead atoms. The molecule has 27 heavy (non-hydrogen) atoms. The molecule has 2 rings (SSSR count). The van der Waals surface area contributed by atoms with Gasteiger partial charge in [-0.05, 0) is 41.0 Å². The van der Waals surface area contributed by atoms with E-state index in [1.54, 1.807) is 18.5 Å². The second kappa shape index (κ2) is 9.38. The highest BCUT2D eigenvalue weighted by Gasteiger charge is 2.20. The molecule has 148 valence electrons. The van der Waals surface area contributed by atoms with E-state index in [4.69, 9.17) is 9.47 Å². The maximum Gasteiger partial charge on any atom is 0.147 e. The van der Waals surface area contributed by atoms with Crippen molar-refractivity contribution in [2.24, 2.45) is 10.8 Å². The second-order valence-electron chi connectivity index (χ2n) is 8.98. The van der Waals surface area contributed by atoms with Crippen LogP contribution < -0.4 is 0 Å². The van der Waals surface area contributed by atoms with Gasteiger partial charge in [-0.15, -0.1) is 0 Å². The number of rotatable bonds is 9. The van der Waals surface area contributed by atoms with Crippen molar-refractivity contribution in [2.75, 3.05) is 13.2 Å². The van der Waals surface area contributed by atoms with Gasteiger partial charge in [-0.1, -0.05) is 40.7 Å². The summed E-state index contributed by atoms with van der Waals surface area (Å²) in [5.41, 5.74) is 2.04. The zero-order valence-corrected chi connectivity index (χ0v) is 17.1. The van der Waals surface area contributed by atoms with Crippen LogP contribution in [0.25, 0.3) is 0 Å². The van der Waals surface area contributed by atoms with Gasteiger partial charge in [0.15, 0.2) is 0 Å². The quantitative estimate of drug-likeness (QED) is 0.622. The molecule has 2 heterocycles. The third-order valence-electron chi connectivity index (χ3n) is 3.90. The molecule has 2 aromatic rings. The van der Waals surface area contributed by atoms with Crippen LogP contribution >= 0.6 is 0 Å². The summed E-state index contributed by atoms with van der Waals surface area (Å²) in [5.74, 6) is -0.313. The summed E-state index contributed by atoms with van der Waals surface area (Å²) in [7, 11) is 0. The topological polar surface area (TPSA) is 44.2 Å². The first-order valence-corrected chi connectivity index (χ1v) is 9.33. The summed E-state index contributed by atoms with van der Waals surface area (Å²) in [6.45, 7) is 12.2. The maximum atomic E-state index is 14.3. The molecular formula is C22H31FN2O2. The van der Waals surface area contributed by atoms with Crippen molar-refractivity contribution >= 4 is 0 Å². The van der Waals surface area contributed by atoms with Crippen molar-refractivity contribution < 1.29 is 13.9 Å². The lowest BCUT2D eigenvalue weighted by atomic mass is 9.87. The highest BCUT2D eigenvalue weighted by Crippen LogP contribution is 2.23. The van der Waals surface area contributed by atoms with E-state index in [9.17, 15) is 4.39 Å².